The molecule has 1 N–H and O–H groups in total. The van der Waals surface area contributed by atoms with Crippen LogP contribution in [0.1, 0.15) is 17.3 Å². The van der Waals surface area contributed by atoms with Gasteiger partial charge in [-0.2, -0.15) is 0 Å². The van der Waals surface area contributed by atoms with Gasteiger partial charge in [0.1, 0.15) is 6.54 Å². The lowest BCUT2D eigenvalue weighted by molar-refractivity contribution is -0.116. The van der Waals surface area contributed by atoms with Gasteiger partial charge in [0, 0.05) is 31.9 Å². The maximum atomic E-state index is 12.6. The van der Waals surface area contributed by atoms with Crippen LogP contribution in [0.4, 0.5) is 5.69 Å². The standard InChI is InChI=1S/C20H22N4O3/c1-4-23-16-10-5-6-11-17(16)24(20(23)27)13-18(25)21-15-9-7-8-14(12-15)19(26)22(2)3/h5-12H,4,13H2,1-3H3,(H,21,25). The van der Waals surface area contributed by atoms with Crippen LogP contribution in [0.2, 0.25) is 0 Å². The Labute approximate surface area is 156 Å². The van der Waals surface area contributed by atoms with E-state index in [0.717, 1.165) is 11.0 Å². The van der Waals surface area contributed by atoms with E-state index in [1.165, 1.54) is 9.47 Å². The fraction of sp³-hybridized carbons (Fsp3) is 0.250. The number of para-hydroxylation sites is 2. The van der Waals surface area contributed by atoms with E-state index in [1.54, 1.807) is 42.9 Å². The number of nitrogens with one attached hydrogen (secondary N) is 1. The number of carbonyl (C=O) groups is 2. The number of amides is 2. The van der Waals surface area contributed by atoms with Gasteiger partial charge in [0.2, 0.25) is 5.91 Å². The largest absolute Gasteiger partial charge is 0.345 e. The predicted molar refractivity (Wildman–Crippen MR) is 105 cm³/mol. The van der Waals surface area contributed by atoms with Crippen LogP contribution in [0.3, 0.4) is 0 Å². The maximum absolute atomic E-state index is 12.6. The van der Waals surface area contributed by atoms with Gasteiger partial charge in [0.25, 0.3) is 5.91 Å². The van der Waals surface area contributed by atoms with E-state index in [1.807, 2.05) is 31.2 Å². The first-order valence-corrected chi connectivity index (χ1v) is 8.72. The molecule has 0 fully saturated rings. The summed E-state index contributed by atoms with van der Waals surface area (Å²) in [5.41, 5.74) is 2.30. The zero-order chi connectivity index (χ0) is 19.6. The van der Waals surface area contributed by atoms with Crippen molar-refractivity contribution in [2.45, 2.75) is 20.0 Å². The highest BCUT2D eigenvalue weighted by Gasteiger charge is 2.15. The van der Waals surface area contributed by atoms with Gasteiger partial charge >= 0.3 is 5.69 Å². The Kier molecular flexibility index (Phi) is 5.12. The van der Waals surface area contributed by atoms with Gasteiger partial charge in [-0.3, -0.25) is 18.7 Å². The Bertz CT molecular complexity index is 1060. The summed E-state index contributed by atoms with van der Waals surface area (Å²) in [6.45, 7) is 2.33. The molecule has 1 aromatic heterocycles. The SMILES string of the molecule is CCn1c(=O)n(CC(=O)Nc2cccc(C(=O)N(C)C)c2)c2ccccc21. The molecule has 3 aromatic rings. The number of hydrogen-bond acceptors (Lipinski definition) is 3. The lowest BCUT2D eigenvalue weighted by atomic mass is 10.2. The van der Waals surface area contributed by atoms with Gasteiger partial charge in [-0.15, -0.1) is 0 Å². The number of aryl methyl sites for hydroxylation is 1. The zero-order valence-corrected chi connectivity index (χ0v) is 15.6. The molecule has 0 radical (unpaired) electrons. The lowest BCUT2D eigenvalue weighted by Gasteiger charge is -2.12. The molecule has 7 heteroatoms. The Morgan fingerprint density at radius 2 is 1.67 bits per heavy atom. The highest BCUT2D eigenvalue weighted by Crippen LogP contribution is 2.14. The van der Waals surface area contributed by atoms with Crippen LogP contribution >= 0.6 is 0 Å². The van der Waals surface area contributed by atoms with Crippen LogP contribution in [0.25, 0.3) is 11.0 Å². The van der Waals surface area contributed by atoms with Crippen LogP contribution in [0, 0.1) is 0 Å². The van der Waals surface area contributed by atoms with Crippen LogP contribution < -0.4 is 11.0 Å². The molecule has 0 bridgehead atoms. The van der Waals surface area contributed by atoms with Crippen molar-refractivity contribution in [2.75, 3.05) is 19.4 Å². The summed E-state index contributed by atoms with van der Waals surface area (Å²) in [4.78, 5) is 38.7. The molecular weight excluding hydrogens is 344 g/mol. The van der Waals surface area contributed by atoms with Crippen molar-refractivity contribution in [3.05, 3.63) is 64.6 Å². The van der Waals surface area contributed by atoms with Gasteiger partial charge in [-0.25, -0.2) is 4.79 Å². The smallest absolute Gasteiger partial charge is 0.329 e. The first-order valence-electron chi connectivity index (χ1n) is 8.72. The van der Waals surface area contributed by atoms with Crippen molar-refractivity contribution >= 4 is 28.5 Å². The van der Waals surface area contributed by atoms with Gasteiger partial charge in [-0.1, -0.05) is 18.2 Å². The minimum absolute atomic E-state index is 0.0990. The van der Waals surface area contributed by atoms with E-state index in [0.29, 0.717) is 17.8 Å². The summed E-state index contributed by atoms with van der Waals surface area (Å²) in [6, 6.07) is 14.1. The monoisotopic (exact) mass is 366 g/mol. The second-order valence-electron chi connectivity index (χ2n) is 6.43. The molecule has 27 heavy (non-hydrogen) atoms. The maximum Gasteiger partial charge on any atom is 0.329 e. The molecule has 0 aliphatic carbocycles. The molecule has 1 heterocycles. The Morgan fingerprint density at radius 3 is 2.30 bits per heavy atom. The van der Waals surface area contributed by atoms with E-state index >= 15 is 0 Å². The number of nitrogens with zero attached hydrogens (tertiary/aromatic N) is 3. The summed E-state index contributed by atoms with van der Waals surface area (Å²) < 4.78 is 3.10. The Morgan fingerprint density at radius 1 is 1.00 bits per heavy atom. The molecule has 7 nitrogen and oxygen atoms in total. The lowest BCUT2D eigenvalue weighted by Crippen LogP contribution is -2.29. The van der Waals surface area contributed by atoms with Gasteiger partial charge in [0.15, 0.2) is 0 Å². The van der Waals surface area contributed by atoms with Gasteiger partial charge in [-0.05, 0) is 37.3 Å². The molecule has 0 atom stereocenters. The number of benzene rings is 2. The molecule has 3 rings (SSSR count). The second-order valence-corrected chi connectivity index (χ2v) is 6.43. The summed E-state index contributed by atoms with van der Waals surface area (Å²) in [5.74, 6) is -0.473. The van der Waals surface area contributed by atoms with E-state index < -0.39 is 0 Å². The predicted octanol–water partition coefficient (Wildman–Crippen LogP) is 2.16. The Balaban J connectivity index is 1.85. The van der Waals surface area contributed by atoms with Crippen LogP contribution in [-0.2, 0) is 17.9 Å². The van der Waals surface area contributed by atoms with Gasteiger partial charge in [0.05, 0.1) is 11.0 Å². The zero-order valence-electron chi connectivity index (χ0n) is 15.6. The number of anilines is 1. The van der Waals surface area contributed by atoms with Crippen molar-refractivity contribution in [1.29, 1.82) is 0 Å². The summed E-state index contributed by atoms with van der Waals surface area (Å²) in [6.07, 6.45) is 0. The van der Waals surface area contributed by atoms with Gasteiger partial charge < -0.3 is 10.2 Å². The molecular formula is C20H22N4O3. The van der Waals surface area contributed by atoms with E-state index in [-0.39, 0.29) is 24.0 Å². The molecule has 0 unspecified atom stereocenters. The average molecular weight is 366 g/mol. The first-order chi connectivity index (χ1) is 12.9. The number of rotatable bonds is 5. The van der Waals surface area contributed by atoms with Crippen LogP contribution in [0.15, 0.2) is 53.3 Å². The fourth-order valence-electron chi connectivity index (χ4n) is 3.06. The Hall–Kier alpha value is -3.35. The molecule has 0 aliphatic rings. The third-order valence-corrected chi connectivity index (χ3v) is 4.34. The van der Waals surface area contributed by atoms with Crippen molar-refractivity contribution in [3.8, 4) is 0 Å². The van der Waals surface area contributed by atoms with E-state index in [4.69, 9.17) is 0 Å². The highest BCUT2D eigenvalue weighted by atomic mass is 16.2. The van der Waals surface area contributed by atoms with Crippen molar-refractivity contribution in [2.24, 2.45) is 0 Å². The molecule has 140 valence electrons. The molecule has 0 saturated carbocycles. The third kappa shape index (κ3) is 3.62. The van der Waals surface area contributed by atoms with E-state index in [9.17, 15) is 14.4 Å². The normalized spacial score (nSPS) is 10.8. The van der Waals surface area contributed by atoms with Crippen molar-refractivity contribution in [3.63, 3.8) is 0 Å². The van der Waals surface area contributed by atoms with Crippen LogP contribution in [-0.4, -0.2) is 39.9 Å². The van der Waals surface area contributed by atoms with Crippen LogP contribution in [0.5, 0.6) is 0 Å². The number of hydrogen-bond donors (Lipinski definition) is 1. The number of aromatic nitrogens is 2. The van der Waals surface area contributed by atoms with Crippen molar-refractivity contribution < 1.29 is 9.59 Å². The summed E-state index contributed by atoms with van der Waals surface area (Å²) in [5, 5.41) is 2.77. The minimum atomic E-state index is -0.328. The first kappa shape index (κ1) is 18.4. The quantitative estimate of drug-likeness (QED) is 0.752. The second kappa shape index (κ2) is 7.49. The molecule has 0 spiro atoms. The molecule has 0 aliphatic heterocycles. The topological polar surface area (TPSA) is 76.3 Å². The molecule has 0 saturated heterocycles. The summed E-state index contributed by atoms with van der Waals surface area (Å²) >= 11 is 0. The molecule has 2 amide bonds. The highest BCUT2D eigenvalue weighted by molar-refractivity contribution is 5.97. The molecule has 2 aromatic carbocycles. The number of fused-ring (bicyclic) bond motifs is 1. The minimum Gasteiger partial charge on any atom is -0.345 e. The average Bonchev–Trinajstić information content (AvgIpc) is 2.92. The number of carbonyl (C=O) groups excluding carboxylic acids is 2. The van der Waals surface area contributed by atoms with E-state index in [2.05, 4.69) is 5.32 Å². The number of imidazole rings is 1. The van der Waals surface area contributed by atoms with Crippen molar-refractivity contribution in [1.82, 2.24) is 14.0 Å². The third-order valence-electron chi connectivity index (χ3n) is 4.34. The fourth-order valence-corrected chi connectivity index (χ4v) is 3.06. The summed E-state index contributed by atoms with van der Waals surface area (Å²) in [7, 11) is 3.34.